The molecule has 5 nitrogen and oxygen atoms in total. The van der Waals surface area contributed by atoms with Crippen molar-refractivity contribution >= 4 is 17.4 Å². The Hall–Kier alpha value is -1.85. The molecule has 112 valence electrons. The first kappa shape index (κ1) is 15.5. The zero-order valence-corrected chi connectivity index (χ0v) is 13.1. The lowest BCUT2D eigenvalue weighted by Gasteiger charge is -2.20. The fraction of sp³-hybridized carbons (Fsp3) is 0.333. The number of aromatic nitrogens is 2. The second kappa shape index (κ2) is 7.24. The summed E-state index contributed by atoms with van der Waals surface area (Å²) in [5.41, 5.74) is 1.07. The van der Waals surface area contributed by atoms with E-state index in [-0.39, 0.29) is 0 Å². The summed E-state index contributed by atoms with van der Waals surface area (Å²) in [5.74, 6) is 2.15. The first-order valence-corrected chi connectivity index (χ1v) is 6.87. The van der Waals surface area contributed by atoms with E-state index < -0.39 is 0 Å². The van der Waals surface area contributed by atoms with Crippen LogP contribution in [0, 0.1) is 0 Å². The molecular formula is C15H18ClN3O2. The topological polar surface area (TPSA) is 47.5 Å². The first-order chi connectivity index (χ1) is 10.1. The van der Waals surface area contributed by atoms with E-state index in [2.05, 4.69) is 9.97 Å². The van der Waals surface area contributed by atoms with Crippen molar-refractivity contribution in [1.29, 1.82) is 0 Å². The standard InChI is InChI=1S/C15H18ClN3O2/c1-19(9-11-6-4-5-7-12(11)21-3)15-8-13(16)17-14(18-15)10-20-2/h4-8H,9-10H2,1-3H3. The molecule has 0 aliphatic heterocycles. The minimum atomic E-state index is 0.329. The van der Waals surface area contributed by atoms with Crippen molar-refractivity contribution in [2.45, 2.75) is 13.2 Å². The first-order valence-electron chi connectivity index (χ1n) is 6.49. The summed E-state index contributed by atoms with van der Waals surface area (Å²) in [6, 6.07) is 9.62. The molecule has 0 aliphatic rings. The number of ether oxygens (including phenoxy) is 2. The van der Waals surface area contributed by atoms with E-state index in [1.54, 1.807) is 20.3 Å². The van der Waals surface area contributed by atoms with Crippen molar-refractivity contribution in [1.82, 2.24) is 9.97 Å². The third kappa shape index (κ3) is 4.06. The number of nitrogens with zero attached hydrogens (tertiary/aromatic N) is 3. The molecule has 21 heavy (non-hydrogen) atoms. The molecule has 0 aliphatic carbocycles. The maximum atomic E-state index is 6.03. The van der Waals surface area contributed by atoms with Crippen molar-refractivity contribution in [3.63, 3.8) is 0 Å². The Morgan fingerprint density at radius 3 is 2.67 bits per heavy atom. The maximum absolute atomic E-state index is 6.03. The van der Waals surface area contributed by atoms with Crippen LogP contribution in [0.4, 0.5) is 5.82 Å². The maximum Gasteiger partial charge on any atom is 0.158 e. The number of halogens is 1. The lowest BCUT2D eigenvalue weighted by atomic mass is 10.2. The van der Waals surface area contributed by atoms with E-state index >= 15 is 0 Å². The number of rotatable bonds is 6. The largest absolute Gasteiger partial charge is 0.496 e. The number of anilines is 1. The van der Waals surface area contributed by atoms with E-state index in [1.165, 1.54) is 0 Å². The van der Waals surface area contributed by atoms with Gasteiger partial charge in [0, 0.05) is 32.3 Å². The highest BCUT2D eigenvalue weighted by Gasteiger charge is 2.10. The Kier molecular flexibility index (Phi) is 5.36. The monoisotopic (exact) mass is 307 g/mol. The molecule has 0 spiro atoms. The second-order valence-corrected chi connectivity index (χ2v) is 4.95. The van der Waals surface area contributed by atoms with Crippen LogP contribution < -0.4 is 9.64 Å². The van der Waals surface area contributed by atoms with Crippen LogP contribution in [0.2, 0.25) is 5.15 Å². The van der Waals surface area contributed by atoms with Gasteiger partial charge in [-0.05, 0) is 6.07 Å². The molecule has 1 aromatic heterocycles. The third-order valence-electron chi connectivity index (χ3n) is 2.99. The van der Waals surface area contributed by atoms with Crippen LogP contribution in [0.5, 0.6) is 5.75 Å². The van der Waals surface area contributed by atoms with E-state index in [9.17, 15) is 0 Å². The molecule has 0 saturated heterocycles. The molecule has 1 aromatic carbocycles. The van der Waals surface area contributed by atoms with E-state index in [4.69, 9.17) is 21.1 Å². The van der Waals surface area contributed by atoms with Crippen molar-refractivity contribution in [3.8, 4) is 5.75 Å². The lowest BCUT2D eigenvalue weighted by molar-refractivity contribution is 0.178. The highest BCUT2D eigenvalue weighted by atomic mass is 35.5. The lowest BCUT2D eigenvalue weighted by Crippen LogP contribution is -2.19. The molecule has 0 atom stereocenters. The summed E-state index contributed by atoms with van der Waals surface area (Å²) < 4.78 is 10.4. The molecule has 0 bridgehead atoms. The molecular weight excluding hydrogens is 290 g/mol. The molecule has 0 N–H and O–H groups in total. The highest BCUT2D eigenvalue weighted by molar-refractivity contribution is 6.29. The SMILES string of the molecule is COCc1nc(Cl)cc(N(C)Cc2ccccc2OC)n1. The van der Waals surface area contributed by atoms with Gasteiger partial charge in [-0.15, -0.1) is 0 Å². The van der Waals surface area contributed by atoms with Gasteiger partial charge >= 0.3 is 0 Å². The summed E-state index contributed by atoms with van der Waals surface area (Å²) in [6.45, 7) is 0.986. The van der Waals surface area contributed by atoms with Crippen LogP contribution in [0.1, 0.15) is 11.4 Å². The van der Waals surface area contributed by atoms with Gasteiger partial charge in [0.25, 0.3) is 0 Å². The van der Waals surface area contributed by atoms with E-state index in [0.717, 1.165) is 17.1 Å². The van der Waals surface area contributed by atoms with Gasteiger partial charge in [0.05, 0.1) is 7.11 Å². The Morgan fingerprint density at radius 1 is 1.19 bits per heavy atom. The fourth-order valence-electron chi connectivity index (χ4n) is 2.01. The van der Waals surface area contributed by atoms with E-state index in [1.807, 2.05) is 36.2 Å². The smallest absolute Gasteiger partial charge is 0.158 e. The molecule has 0 fully saturated rings. The van der Waals surface area contributed by atoms with Crippen molar-refractivity contribution in [2.24, 2.45) is 0 Å². The average molecular weight is 308 g/mol. The summed E-state index contributed by atoms with van der Waals surface area (Å²) in [6.07, 6.45) is 0. The van der Waals surface area contributed by atoms with Gasteiger partial charge in [0.2, 0.25) is 0 Å². The quantitative estimate of drug-likeness (QED) is 0.768. The number of para-hydroxylation sites is 1. The molecule has 1 heterocycles. The molecule has 6 heteroatoms. The summed E-state index contributed by atoms with van der Waals surface area (Å²) in [7, 11) is 5.21. The minimum absolute atomic E-state index is 0.329. The Morgan fingerprint density at radius 2 is 1.95 bits per heavy atom. The number of benzene rings is 1. The summed E-state index contributed by atoms with van der Waals surface area (Å²) >= 11 is 6.03. The van der Waals surface area contributed by atoms with Crippen LogP contribution in [-0.4, -0.2) is 31.2 Å². The molecule has 0 unspecified atom stereocenters. The van der Waals surface area contributed by atoms with Gasteiger partial charge in [-0.25, -0.2) is 9.97 Å². The Balaban J connectivity index is 2.21. The van der Waals surface area contributed by atoms with Crippen LogP contribution in [0.15, 0.2) is 30.3 Å². The second-order valence-electron chi connectivity index (χ2n) is 4.57. The molecule has 0 amide bonds. The van der Waals surface area contributed by atoms with Crippen molar-refractivity contribution in [3.05, 3.63) is 46.9 Å². The normalized spacial score (nSPS) is 10.5. The van der Waals surface area contributed by atoms with Gasteiger partial charge < -0.3 is 14.4 Å². The fourth-order valence-corrected chi connectivity index (χ4v) is 2.21. The Bertz CT molecular complexity index is 607. The van der Waals surface area contributed by atoms with Crippen LogP contribution in [0.25, 0.3) is 0 Å². The van der Waals surface area contributed by atoms with Crippen LogP contribution in [-0.2, 0) is 17.9 Å². The van der Waals surface area contributed by atoms with Crippen LogP contribution in [0.3, 0.4) is 0 Å². The number of methoxy groups -OCH3 is 2. The zero-order chi connectivity index (χ0) is 15.2. The third-order valence-corrected chi connectivity index (χ3v) is 3.19. The van der Waals surface area contributed by atoms with Gasteiger partial charge in [0.1, 0.15) is 23.3 Å². The highest BCUT2D eigenvalue weighted by Crippen LogP contribution is 2.22. The van der Waals surface area contributed by atoms with Gasteiger partial charge in [-0.3, -0.25) is 0 Å². The number of hydrogen-bond acceptors (Lipinski definition) is 5. The van der Waals surface area contributed by atoms with E-state index in [0.29, 0.717) is 24.1 Å². The van der Waals surface area contributed by atoms with Gasteiger partial charge in [0.15, 0.2) is 5.82 Å². The molecule has 0 radical (unpaired) electrons. The van der Waals surface area contributed by atoms with Gasteiger partial charge in [-0.2, -0.15) is 0 Å². The van der Waals surface area contributed by atoms with Gasteiger partial charge in [-0.1, -0.05) is 29.8 Å². The van der Waals surface area contributed by atoms with Crippen LogP contribution >= 0.6 is 11.6 Å². The molecule has 0 saturated carbocycles. The predicted octanol–water partition coefficient (Wildman–Crippen LogP) is 2.92. The van der Waals surface area contributed by atoms with Crippen molar-refractivity contribution < 1.29 is 9.47 Å². The Labute approximate surface area is 129 Å². The minimum Gasteiger partial charge on any atom is -0.496 e. The summed E-state index contributed by atoms with van der Waals surface area (Å²) in [5, 5.41) is 0.402. The predicted molar refractivity (Wildman–Crippen MR) is 82.9 cm³/mol. The average Bonchev–Trinajstić information content (AvgIpc) is 2.47. The number of hydrogen-bond donors (Lipinski definition) is 0. The molecule has 2 rings (SSSR count). The molecule has 2 aromatic rings. The summed E-state index contributed by atoms with van der Waals surface area (Å²) in [4.78, 5) is 10.6. The van der Waals surface area contributed by atoms with Crippen molar-refractivity contribution in [2.75, 3.05) is 26.2 Å². The zero-order valence-electron chi connectivity index (χ0n) is 12.3.